The summed E-state index contributed by atoms with van der Waals surface area (Å²) in [6, 6.07) is 0. The van der Waals surface area contributed by atoms with E-state index < -0.39 is 0 Å². The molecule has 0 saturated heterocycles. The standard InChI is InChI=1S/C11H20N2O/c1-3-4-9(2)14-11-7-5-10(13-12)6-8-11/h5-7,9,11,13H,3-4,8,12H2,1-2H3. The quantitative estimate of drug-likeness (QED) is 0.521. The maximum atomic E-state index is 5.82. The molecule has 0 bridgehead atoms. The second-order valence-corrected chi connectivity index (χ2v) is 3.67. The highest BCUT2D eigenvalue weighted by atomic mass is 16.5. The minimum atomic E-state index is 0.216. The summed E-state index contributed by atoms with van der Waals surface area (Å²) in [6.07, 6.45) is 9.84. The van der Waals surface area contributed by atoms with E-state index in [9.17, 15) is 0 Å². The third-order valence-electron chi connectivity index (χ3n) is 2.33. The predicted octanol–water partition coefficient (Wildman–Crippen LogP) is 1.87. The van der Waals surface area contributed by atoms with Crippen LogP contribution in [0.4, 0.5) is 0 Å². The lowest BCUT2D eigenvalue weighted by Gasteiger charge is -2.21. The largest absolute Gasteiger partial charge is 0.371 e. The number of ether oxygens (including phenoxy) is 1. The minimum absolute atomic E-state index is 0.216. The summed E-state index contributed by atoms with van der Waals surface area (Å²) in [5.41, 5.74) is 3.59. The number of rotatable bonds is 5. The molecule has 0 heterocycles. The van der Waals surface area contributed by atoms with Crippen molar-refractivity contribution in [3.63, 3.8) is 0 Å². The van der Waals surface area contributed by atoms with E-state index in [0.717, 1.165) is 18.5 Å². The Morgan fingerprint density at radius 2 is 2.50 bits per heavy atom. The fourth-order valence-corrected chi connectivity index (χ4v) is 1.58. The molecular formula is C11H20N2O. The third-order valence-corrected chi connectivity index (χ3v) is 2.33. The first kappa shape index (κ1) is 11.3. The molecule has 14 heavy (non-hydrogen) atoms. The van der Waals surface area contributed by atoms with Gasteiger partial charge in [0.1, 0.15) is 0 Å². The first-order valence-corrected chi connectivity index (χ1v) is 5.26. The predicted molar refractivity (Wildman–Crippen MR) is 58.4 cm³/mol. The summed E-state index contributed by atoms with van der Waals surface area (Å²) >= 11 is 0. The Balaban J connectivity index is 2.30. The fourth-order valence-electron chi connectivity index (χ4n) is 1.58. The second-order valence-electron chi connectivity index (χ2n) is 3.67. The van der Waals surface area contributed by atoms with Gasteiger partial charge in [0.15, 0.2) is 0 Å². The molecule has 80 valence electrons. The lowest BCUT2D eigenvalue weighted by molar-refractivity contribution is 0.0203. The zero-order valence-corrected chi connectivity index (χ0v) is 8.99. The topological polar surface area (TPSA) is 47.3 Å². The molecule has 1 rings (SSSR count). The lowest BCUT2D eigenvalue weighted by Crippen LogP contribution is -2.24. The molecule has 3 nitrogen and oxygen atoms in total. The van der Waals surface area contributed by atoms with Gasteiger partial charge in [-0.2, -0.15) is 0 Å². The van der Waals surface area contributed by atoms with Crippen LogP contribution in [0.3, 0.4) is 0 Å². The molecule has 0 fully saturated rings. The van der Waals surface area contributed by atoms with E-state index in [1.165, 1.54) is 6.42 Å². The molecule has 0 spiro atoms. The van der Waals surface area contributed by atoms with E-state index in [0.29, 0.717) is 6.10 Å². The van der Waals surface area contributed by atoms with Gasteiger partial charge in [-0.25, -0.2) is 0 Å². The van der Waals surface area contributed by atoms with Crippen LogP contribution in [0.1, 0.15) is 33.1 Å². The van der Waals surface area contributed by atoms with Gasteiger partial charge in [0, 0.05) is 5.70 Å². The van der Waals surface area contributed by atoms with Crippen LogP contribution in [0.2, 0.25) is 0 Å². The van der Waals surface area contributed by atoms with Gasteiger partial charge in [-0.05, 0) is 25.8 Å². The van der Waals surface area contributed by atoms with Crippen molar-refractivity contribution in [1.82, 2.24) is 5.43 Å². The Bertz CT molecular complexity index is 223. The molecule has 3 N–H and O–H groups in total. The van der Waals surface area contributed by atoms with E-state index in [1.54, 1.807) is 0 Å². The van der Waals surface area contributed by atoms with Gasteiger partial charge in [0.2, 0.25) is 0 Å². The number of hydrazine groups is 1. The van der Waals surface area contributed by atoms with Crippen molar-refractivity contribution in [2.75, 3.05) is 0 Å². The molecule has 0 saturated carbocycles. The van der Waals surface area contributed by atoms with E-state index in [1.807, 2.05) is 6.08 Å². The highest BCUT2D eigenvalue weighted by Gasteiger charge is 2.11. The maximum absolute atomic E-state index is 5.82. The lowest BCUT2D eigenvalue weighted by atomic mass is 10.1. The van der Waals surface area contributed by atoms with Gasteiger partial charge in [0.05, 0.1) is 12.2 Å². The Morgan fingerprint density at radius 1 is 1.71 bits per heavy atom. The highest BCUT2D eigenvalue weighted by molar-refractivity contribution is 5.22. The molecule has 1 aliphatic rings. The summed E-state index contributed by atoms with van der Waals surface area (Å²) in [4.78, 5) is 0. The molecule has 2 unspecified atom stereocenters. The van der Waals surface area contributed by atoms with Crippen LogP contribution in [0, 0.1) is 0 Å². The number of allylic oxidation sites excluding steroid dienone is 1. The average molecular weight is 196 g/mol. The van der Waals surface area contributed by atoms with Crippen molar-refractivity contribution < 1.29 is 4.74 Å². The normalized spacial score (nSPS) is 23.1. The highest BCUT2D eigenvalue weighted by Crippen LogP contribution is 2.14. The van der Waals surface area contributed by atoms with Gasteiger partial charge < -0.3 is 10.2 Å². The van der Waals surface area contributed by atoms with Crippen LogP contribution in [-0.2, 0) is 4.74 Å². The number of hydrogen-bond donors (Lipinski definition) is 2. The molecule has 2 atom stereocenters. The van der Waals surface area contributed by atoms with Gasteiger partial charge in [-0.1, -0.05) is 25.5 Å². The van der Waals surface area contributed by atoms with Gasteiger partial charge in [-0.3, -0.25) is 5.84 Å². The average Bonchev–Trinajstić information content (AvgIpc) is 2.19. The Labute approximate surface area is 86.0 Å². The molecule has 3 heteroatoms. The van der Waals surface area contributed by atoms with E-state index >= 15 is 0 Å². The molecule has 0 radical (unpaired) electrons. The Kier molecular flexibility index (Phi) is 4.70. The Morgan fingerprint density at radius 3 is 3.00 bits per heavy atom. The van der Waals surface area contributed by atoms with Gasteiger partial charge >= 0.3 is 0 Å². The monoisotopic (exact) mass is 196 g/mol. The van der Waals surface area contributed by atoms with E-state index in [-0.39, 0.29) is 6.10 Å². The van der Waals surface area contributed by atoms with Crippen molar-refractivity contribution in [2.45, 2.75) is 45.3 Å². The molecule has 0 aromatic rings. The molecule has 0 aromatic carbocycles. The summed E-state index contributed by atoms with van der Waals surface area (Å²) in [6.45, 7) is 4.30. The van der Waals surface area contributed by atoms with Gasteiger partial charge in [-0.15, -0.1) is 0 Å². The van der Waals surface area contributed by atoms with Crippen molar-refractivity contribution in [2.24, 2.45) is 5.84 Å². The van der Waals surface area contributed by atoms with Crippen molar-refractivity contribution >= 4 is 0 Å². The van der Waals surface area contributed by atoms with Crippen LogP contribution in [0.25, 0.3) is 0 Å². The van der Waals surface area contributed by atoms with Crippen LogP contribution >= 0.6 is 0 Å². The SMILES string of the molecule is CCCC(C)OC1C=CC(NN)=CC1. The van der Waals surface area contributed by atoms with Crippen LogP contribution in [0.5, 0.6) is 0 Å². The molecule has 0 aliphatic heterocycles. The first-order chi connectivity index (χ1) is 6.76. The third kappa shape index (κ3) is 3.52. The van der Waals surface area contributed by atoms with Crippen LogP contribution in [0.15, 0.2) is 23.9 Å². The number of nitrogens with two attached hydrogens (primary N) is 1. The fraction of sp³-hybridized carbons (Fsp3) is 0.636. The van der Waals surface area contributed by atoms with Gasteiger partial charge in [0.25, 0.3) is 0 Å². The summed E-state index contributed by atoms with van der Waals surface area (Å²) in [5.74, 6) is 5.29. The van der Waals surface area contributed by atoms with Crippen molar-refractivity contribution in [3.8, 4) is 0 Å². The zero-order chi connectivity index (χ0) is 10.4. The summed E-state index contributed by atoms with van der Waals surface area (Å²) in [7, 11) is 0. The molecule has 0 amide bonds. The second kappa shape index (κ2) is 5.83. The number of nitrogens with one attached hydrogen (secondary N) is 1. The van der Waals surface area contributed by atoms with Crippen molar-refractivity contribution in [3.05, 3.63) is 23.9 Å². The molecule has 1 aliphatic carbocycles. The number of hydrogen-bond acceptors (Lipinski definition) is 3. The maximum Gasteiger partial charge on any atom is 0.0798 e. The summed E-state index contributed by atoms with van der Waals surface area (Å²) < 4.78 is 5.82. The summed E-state index contributed by atoms with van der Waals surface area (Å²) in [5, 5.41) is 0. The Hall–Kier alpha value is -0.800. The zero-order valence-electron chi connectivity index (χ0n) is 8.99. The first-order valence-electron chi connectivity index (χ1n) is 5.26. The molecular weight excluding hydrogens is 176 g/mol. The van der Waals surface area contributed by atoms with E-state index in [4.69, 9.17) is 10.6 Å². The van der Waals surface area contributed by atoms with E-state index in [2.05, 4.69) is 31.4 Å². The van der Waals surface area contributed by atoms with Crippen LogP contribution in [-0.4, -0.2) is 12.2 Å². The van der Waals surface area contributed by atoms with Crippen molar-refractivity contribution in [1.29, 1.82) is 0 Å². The molecule has 0 aromatic heterocycles. The minimum Gasteiger partial charge on any atom is -0.371 e. The smallest absolute Gasteiger partial charge is 0.0798 e. The van der Waals surface area contributed by atoms with Crippen LogP contribution < -0.4 is 11.3 Å².